The number of phenols is 2. The number of amides is 2. The maximum atomic E-state index is 11.8. The minimum Gasteiger partial charge on any atom is -0.506 e. The summed E-state index contributed by atoms with van der Waals surface area (Å²) in [6, 6.07) is 6.65. The third-order valence-electron chi connectivity index (χ3n) is 3.71. The maximum Gasteiger partial charge on any atom is 0.240 e. The van der Waals surface area contributed by atoms with Gasteiger partial charge >= 0.3 is 0 Å². The van der Waals surface area contributed by atoms with Crippen LogP contribution < -0.4 is 10.9 Å². The van der Waals surface area contributed by atoms with E-state index in [2.05, 4.69) is 84.8 Å². The van der Waals surface area contributed by atoms with Gasteiger partial charge < -0.3 is 10.2 Å². The molecule has 2 rings (SSSR count). The second-order valence-electron chi connectivity index (χ2n) is 6.09. The number of phenolic OH excluding ortho intramolecular Hbond substituents is 2. The summed E-state index contributed by atoms with van der Waals surface area (Å²) >= 11 is 13.0. The van der Waals surface area contributed by atoms with Gasteiger partial charge in [-0.05, 0) is 62.5 Å². The van der Waals surface area contributed by atoms with E-state index in [1.54, 1.807) is 24.3 Å². The van der Waals surface area contributed by atoms with Gasteiger partial charge in [-0.25, -0.2) is 10.9 Å². The van der Waals surface area contributed by atoms with Crippen molar-refractivity contribution >= 4 is 88.0 Å². The lowest BCUT2D eigenvalue weighted by molar-refractivity contribution is -0.122. The van der Waals surface area contributed by atoms with E-state index in [4.69, 9.17) is 0 Å². The summed E-state index contributed by atoms with van der Waals surface area (Å²) in [6.07, 6.45) is 3.11. The van der Waals surface area contributed by atoms with Crippen LogP contribution in [0.5, 0.6) is 11.5 Å². The van der Waals surface area contributed by atoms with Crippen molar-refractivity contribution in [2.45, 2.75) is 19.3 Å². The molecule has 0 aliphatic heterocycles. The largest absolute Gasteiger partial charge is 0.506 e. The number of hydrogen-bond acceptors (Lipinski definition) is 6. The van der Waals surface area contributed by atoms with Crippen molar-refractivity contribution in [1.29, 1.82) is 0 Å². The van der Waals surface area contributed by atoms with Gasteiger partial charge in [0.25, 0.3) is 0 Å². The first-order valence-corrected chi connectivity index (χ1v) is 11.8. The minimum atomic E-state index is -0.370. The number of benzene rings is 2. The summed E-state index contributed by atoms with van der Waals surface area (Å²) < 4.78 is 2.46. The Morgan fingerprint density at radius 3 is 1.55 bits per heavy atom. The second kappa shape index (κ2) is 12.3. The van der Waals surface area contributed by atoms with Crippen LogP contribution in [0.3, 0.4) is 0 Å². The summed E-state index contributed by atoms with van der Waals surface area (Å²) in [4.78, 5) is 23.7. The maximum absolute atomic E-state index is 11.8. The zero-order valence-corrected chi connectivity index (χ0v) is 22.0. The normalized spacial score (nSPS) is 11.2. The highest BCUT2D eigenvalue weighted by molar-refractivity contribution is 9.11. The molecular weight excluding hydrogens is 668 g/mol. The van der Waals surface area contributed by atoms with Gasteiger partial charge in [0.1, 0.15) is 11.5 Å². The molecule has 0 aliphatic rings. The average molecular weight is 684 g/mol. The number of carbonyl (C=O) groups excluding carboxylic acids is 2. The summed E-state index contributed by atoms with van der Waals surface area (Å²) in [7, 11) is 0. The molecule has 2 aromatic rings. The predicted molar refractivity (Wildman–Crippen MR) is 132 cm³/mol. The average Bonchev–Trinajstić information content (AvgIpc) is 2.69. The van der Waals surface area contributed by atoms with Crippen LogP contribution in [0.2, 0.25) is 0 Å². The molecule has 0 spiro atoms. The molecule has 0 aromatic heterocycles. The van der Waals surface area contributed by atoms with E-state index < -0.39 is 0 Å². The first kappa shape index (κ1) is 25.5. The van der Waals surface area contributed by atoms with Gasteiger partial charge in [-0.2, -0.15) is 10.2 Å². The highest BCUT2D eigenvalue weighted by Crippen LogP contribution is 2.31. The molecule has 0 radical (unpaired) electrons. The third kappa shape index (κ3) is 8.36. The second-order valence-corrected chi connectivity index (χ2v) is 9.63. The molecule has 8 nitrogen and oxygen atoms in total. The van der Waals surface area contributed by atoms with Crippen molar-refractivity contribution < 1.29 is 19.8 Å². The van der Waals surface area contributed by atoms with Gasteiger partial charge in [0, 0.05) is 32.9 Å². The molecule has 0 saturated heterocycles. The molecule has 0 saturated carbocycles. The summed E-state index contributed by atoms with van der Waals surface area (Å²) in [5.74, 6) is -0.737. The van der Waals surface area contributed by atoms with Crippen molar-refractivity contribution in [2.24, 2.45) is 10.2 Å². The lowest BCUT2D eigenvalue weighted by atomic mass is 10.2. The van der Waals surface area contributed by atoms with Crippen molar-refractivity contribution in [3.05, 3.63) is 53.3 Å². The van der Waals surface area contributed by atoms with Gasteiger partial charge in [0.2, 0.25) is 11.8 Å². The minimum absolute atomic E-state index is 0.00182. The standard InChI is InChI=1S/C19H16Br4N4O4/c20-12-4-10(18(30)14(22)6-12)8-24-26-16(28)2-1-3-17(29)27-25-9-11-5-13(21)7-15(23)19(11)31/h4-9,30-31H,1-3H2,(H,26,28)(H,27,29)/b24-8-,25-9-. The van der Waals surface area contributed by atoms with Crippen molar-refractivity contribution in [2.75, 3.05) is 0 Å². The van der Waals surface area contributed by atoms with Crippen LogP contribution in [0.15, 0.2) is 52.4 Å². The fourth-order valence-electron chi connectivity index (χ4n) is 2.24. The van der Waals surface area contributed by atoms with E-state index in [1.807, 2.05) is 0 Å². The van der Waals surface area contributed by atoms with Gasteiger partial charge in [0.15, 0.2) is 0 Å². The molecule has 0 fully saturated rings. The van der Waals surface area contributed by atoms with Gasteiger partial charge in [-0.3, -0.25) is 9.59 Å². The molecule has 12 heteroatoms. The van der Waals surface area contributed by atoms with E-state index >= 15 is 0 Å². The Bertz CT molecular complexity index is 963. The Balaban J connectivity index is 1.74. The molecule has 0 aliphatic carbocycles. The summed E-state index contributed by atoms with van der Waals surface area (Å²) in [5.41, 5.74) is 5.52. The quantitative estimate of drug-likeness (QED) is 0.233. The third-order valence-corrected chi connectivity index (χ3v) is 5.83. The van der Waals surface area contributed by atoms with E-state index in [1.165, 1.54) is 12.4 Å². The van der Waals surface area contributed by atoms with Crippen LogP contribution in [-0.4, -0.2) is 34.5 Å². The summed E-state index contributed by atoms with van der Waals surface area (Å²) in [6.45, 7) is 0. The molecule has 2 amide bonds. The molecule has 0 unspecified atom stereocenters. The first-order valence-electron chi connectivity index (χ1n) is 8.67. The van der Waals surface area contributed by atoms with Gasteiger partial charge in [-0.1, -0.05) is 31.9 Å². The van der Waals surface area contributed by atoms with Gasteiger partial charge in [0.05, 0.1) is 21.4 Å². The number of rotatable bonds is 8. The van der Waals surface area contributed by atoms with Crippen LogP contribution in [0.25, 0.3) is 0 Å². The number of nitrogens with zero attached hydrogens (tertiary/aromatic N) is 2. The Labute approximate surface area is 211 Å². The van der Waals surface area contributed by atoms with Crippen molar-refractivity contribution in [3.8, 4) is 11.5 Å². The Morgan fingerprint density at radius 1 is 0.774 bits per heavy atom. The number of nitrogens with one attached hydrogen (secondary N) is 2. The van der Waals surface area contributed by atoms with Crippen molar-refractivity contribution in [3.63, 3.8) is 0 Å². The first-order chi connectivity index (χ1) is 14.7. The van der Waals surface area contributed by atoms with E-state index in [-0.39, 0.29) is 36.2 Å². The Morgan fingerprint density at radius 2 is 1.16 bits per heavy atom. The van der Waals surface area contributed by atoms with Crippen LogP contribution in [0, 0.1) is 0 Å². The van der Waals surface area contributed by atoms with Crippen LogP contribution >= 0.6 is 63.7 Å². The number of hydrogen-bond donors (Lipinski definition) is 4. The number of halogens is 4. The smallest absolute Gasteiger partial charge is 0.240 e. The lowest BCUT2D eigenvalue weighted by Gasteiger charge is -2.04. The number of hydrazone groups is 2. The molecule has 0 bridgehead atoms. The monoisotopic (exact) mass is 680 g/mol. The Hall–Kier alpha value is -1.76. The van der Waals surface area contributed by atoms with Crippen LogP contribution in [-0.2, 0) is 9.59 Å². The van der Waals surface area contributed by atoms with Gasteiger partial charge in [-0.15, -0.1) is 0 Å². The topological polar surface area (TPSA) is 123 Å². The molecule has 0 atom stereocenters. The van der Waals surface area contributed by atoms with E-state index in [0.717, 1.165) is 8.95 Å². The summed E-state index contributed by atoms with van der Waals surface area (Å²) in [5, 5.41) is 27.5. The molecule has 31 heavy (non-hydrogen) atoms. The highest BCUT2D eigenvalue weighted by atomic mass is 79.9. The van der Waals surface area contributed by atoms with Crippen molar-refractivity contribution in [1.82, 2.24) is 10.9 Å². The zero-order valence-electron chi connectivity index (χ0n) is 15.7. The number of aromatic hydroxyl groups is 2. The van der Waals surface area contributed by atoms with E-state index in [9.17, 15) is 19.8 Å². The lowest BCUT2D eigenvalue weighted by Crippen LogP contribution is -2.20. The zero-order chi connectivity index (χ0) is 23.0. The van der Waals surface area contributed by atoms with E-state index in [0.29, 0.717) is 26.5 Å². The van der Waals surface area contributed by atoms with Crippen LogP contribution in [0.4, 0.5) is 0 Å². The fraction of sp³-hybridized carbons (Fsp3) is 0.158. The molecule has 0 heterocycles. The number of carbonyl (C=O) groups is 2. The predicted octanol–water partition coefficient (Wildman–Crippen LogP) is 4.92. The fourth-order valence-corrected chi connectivity index (χ4v) is 4.75. The van der Waals surface area contributed by atoms with Crippen LogP contribution in [0.1, 0.15) is 30.4 Å². The molecule has 4 N–H and O–H groups in total. The molecule has 164 valence electrons. The molecular formula is C19H16Br4N4O4. The highest BCUT2D eigenvalue weighted by Gasteiger charge is 2.08. The molecule has 2 aromatic carbocycles. The Kier molecular flexibility index (Phi) is 10.1. The SMILES string of the molecule is O=C(CCCC(=O)N/N=C\c1cc(Br)cc(Br)c1O)N/N=C\c1cc(Br)cc(Br)c1O.